The van der Waals surface area contributed by atoms with E-state index in [1.54, 1.807) is 0 Å². The van der Waals surface area contributed by atoms with Crippen LogP contribution in [0.1, 0.15) is 31.0 Å². The number of para-hydroxylation sites is 1. The molecule has 0 saturated carbocycles. The summed E-state index contributed by atoms with van der Waals surface area (Å²) in [6, 6.07) is 8.55. The second kappa shape index (κ2) is 4.40. The fraction of sp³-hybridized carbons (Fsp3) is 0.438. The van der Waals surface area contributed by atoms with Gasteiger partial charge >= 0.3 is 0 Å². The number of rotatable bonds is 1. The van der Waals surface area contributed by atoms with E-state index < -0.39 is 0 Å². The summed E-state index contributed by atoms with van der Waals surface area (Å²) >= 11 is 0. The maximum absolute atomic E-state index is 7.20. The third-order valence-electron chi connectivity index (χ3n) is 4.37. The number of nitrogens with zero attached hydrogens (tertiary/aromatic N) is 3. The molecule has 1 aromatic heterocycles. The van der Waals surface area contributed by atoms with Crippen molar-refractivity contribution in [3.05, 3.63) is 46.9 Å². The van der Waals surface area contributed by atoms with E-state index in [2.05, 4.69) is 38.6 Å². The van der Waals surface area contributed by atoms with Crippen molar-refractivity contribution in [2.75, 3.05) is 13.1 Å². The van der Waals surface area contributed by atoms with Crippen LogP contribution in [0.3, 0.4) is 0 Å². The van der Waals surface area contributed by atoms with Gasteiger partial charge in [-0.2, -0.15) is 0 Å². The Morgan fingerprint density at radius 1 is 1.32 bits per heavy atom. The molecule has 98 valence electrons. The van der Waals surface area contributed by atoms with E-state index in [-0.39, 0.29) is 7.43 Å². The highest BCUT2D eigenvalue weighted by atomic mass is 15.2. The molecule has 4 rings (SSSR count). The maximum Gasteiger partial charge on any atom is 0.293 e. The van der Waals surface area contributed by atoms with E-state index >= 15 is 0 Å². The number of hydrogen-bond donors (Lipinski definition) is 0. The number of aromatic nitrogens is 1. The number of hydrogen-bond acceptors (Lipinski definition) is 1. The normalized spacial score (nSPS) is 23.7. The first-order valence-electron chi connectivity index (χ1n) is 6.54. The second-order valence-corrected chi connectivity index (χ2v) is 5.33. The Kier molecular flexibility index (Phi) is 2.83. The lowest BCUT2D eigenvalue weighted by molar-refractivity contribution is 0.312. The van der Waals surface area contributed by atoms with Crippen LogP contribution in [-0.2, 0) is 13.2 Å². The average Bonchev–Trinajstić information content (AvgIpc) is 2.92. The molecule has 2 aromatic rings. The number of fused-ring (bicyclic) bond motifs is 6. The summed E-state index contributed by atoms with van der Waals surface area (Å²) in [5.41, 5.74) is 4.16. The van der Waals surface area contributed by atoms with Gasteiger partial charge in [0.2, 0.25) is 0 Å². The molecule has 1 aromatic carbocycles. The molecule has 2 atom stereocenters. The Balaban J connectivity index is 0.00000110. The summed E-state index contributed by atoms with van der Waals surface area (Å²) in [5, 5.41) is 1.35. The molecule has 0 N–H and O–H groups in total. The van der Waals surface area contributed by atoms with Gasteiger partial charge in [-0.1, -0.05) is 25.6 Å². The Hall–Kier alpha value is -1.79. The van der Waals surface area contributed by atoms with Gasteiger partial charge in [0.05, 0.1) is 5.52 Å². The zero-order valence-corrected chi connectivity index (χ0v) is 10.3. The van der Waals surface area contributed by atoms with Gasteiger partial charge in [0.1, 0.15) is 0 Å². The molecule has 0 radical (unpaired) electrons. The largest absolute Gasteiger partial charge is 0.298 e. The Morgan fingerprint density at radius 3 is 3.00 bits per heavy atom. The predicted octanol–water partition coefficient (Wildman–Crippen LogP) is 3.46. The van der Waals surface area contributed by atoms with Crippen molar-refractivity contribution < 1.29 is 0 Å². The lowest BCUT2D eigenvalue weighted by Crippen LogP contribution is -2.25. The van der Waals surface area contributed by atoms with E-state index in [9.17, 15) is 0 Å². The Morgan fingerprint density at radius 2 is 2.16 bits per heavy atom. The van der Waals surface area contributed by atoms with Gasteiger partial charge in [-0.25, -0.2) is 6.57 Å². The highest BCUT2D eigenvalue weighted by Crippen LogP contribution is 2.41. The first kappa shape index (κ1) is 12.3. The van der Waals surface area contributed by atoms with Crippen LogP contribution in [0.5, 0.6) is 0 Å². The van der Waals surface area contributed by atoms with Crippen molar-refractivity contribution in [3.8, 4) is 0 Å². The molecule has 1 saturated heterocycles. The van der Waals surface area contributed by atoms with E-state index in [4.69, 9.17) is 6.57 Å². The molecule has 3 heteroatoms. The third kappa shape index (κ3) is 1.60. The summed E-state index contributed by atoms with van der Waals surface area (Å²) in [4.78, 5) is 6.16. The molecule has 2 bridgehead atoms. The first-order valence-corrected chi connectivity index (χ1v) is 6.54. The molecule has 2 aliphatic rings. The van der Waals surface area contributed by atoms with Crippen molar-refractivity contribution in [1.29, 1.82) is 0 Å². The van der Waals surface area contributed by atoms with Crippen LogP contribution in [0.25, 0.3) is 15.7 Å². The predicted molar refractivity (Wildman–Crippen MR) is 77.9 cm³/mol. The SMILES string of the molecule is C.[C-]#[N+]Cn1c2c(c3ccccc31)CN1CCC2C1. The van der Waals surface area contributed by atoms with Gasteiger partial charge in [-0.15, -0.1) is 0 Å². The fourth-order valence-electron chi connectivity index (χ4n) is 3.67. The molecule has 0 aliphatic carbocycles. The monoisotopic (exact) mass is 253 g/mol. The molecule has 3 nitrogen and oxygen atoms in total. The van der Waals surface area contributed by atoms with Crippen LogP contribution in [0.2, 0.25) is 0 Å². The summed E-state index contributed by atoms with van der Waals surface area (Å²) in [6.45, 7) is 11.1. The topological polar surface area (TPSA) is 12.5 Å². The average molecular weight is 253 g/mol. The lowest BCUT2D eigenvalue weighted by Gasteiger charge is -2.23. The summed E-state index contributed by atoms with van der Waals surface area (Å²) in [5.74, 6) is 0.642. The van der Waals surface area contributed by atoms with Crippen LogP contribution in [0.15, 0.2) is 24.3 Å². The smallest absolute Gasteiger partial charge is 0.293 e. The van der Waals surface area contributed by atoms with E-state index in [1.165, 1.54) is 41.7 Å². The molecular formula is C16H19N3. The van der Waals surface area contributed by atoms with Crippen molar-refractivity contribution in [2.45, 2.75) is 33.0 Å². The third-order valence-corrected chi connectivity index (χ3v) is 4.37. The van der Waals surface area contributed by atoms with Crippen molar-refractivity contribution in [3.63, 3.8) is 0 Å². The Labute approximate surface area is 114 Å². The second-order valence-electron chi connectivity index (χ2n) is 5.33. The van der Waals surface area contributed by atoms with Crippen LogP contribution < -0.4 is 0 Å². The highest BCUT2D eigenvalue weighted by Gasteiger charge is 2.35. The van der Waals surface area contributed by atoms with E-state index in [0.717, 1.165) is 6.54 Å². The molecule has 3 heterocycles. The summed E-state index contributed by atoms with van der Waals surface area (Å²) in [6.07, 6.45) is 1.25. The molecule has 1 fully saturated rings. The highest BCUT2D eigenvalue weighted by molar-refractivity contribution is 5.86. The summed E-state index contributed by atoms with van der Waals surface area (Å²) < 4.78 is 2.25. The van der Waals surface area contributed by atoms with Gasteiger partial charge in [-0.3, -0.25) is 14.3 Å². The van der Waals surface area contributed by atoms with Crippen LogP contribution in [-0.4, -0.2) is 22.6 Å². The molecule has 2 unspecified atom stereocenters. The zero-order valence-electron chi connectivity index (χ0n) is 10.3. The van der Waals surface area contributed by atoms with E-state index in [0.29, 0.717) is 12.6 Å². The van der Waals surface area contributed by atoms with Gasteiger partial charge < -0.3 is 0 Å². The lowest BCUT2D eigenvalue weighted by atomic mass is 9.97. The molecule has 19 heavy (non-hydrogen) atoms. The van der Waals surface area contributed by atoms with Crippen molar-refractivity contribution >= 4 is 10.9 Å². The first-order chi connectivity index (χ1) is 8.88. The quantitative estimate of drug-likeness (QED) is 0.709. The van der Waals surface area contributed by atoms with Crippen LogP contribution >= 0.6 is 0 Å². The van der Waals surface area contributed by atoms with Crippen molar-refractivity contribution in [1.82, 2.24) is 9.47 Å². The molecular weight excluding hydrogens is 234 g/mol. The van der Waals surface area contributed by atoms with Gasteiger partial charge in [0.25, 0.3) is 6.67 Å². The minimum Gasteiger partial charge on any atom is -0.298 e. The summed E-state index contributed by atoms with van der Waals surface area (Å²) in [7, 11) is 0. The van der Waals surface area contributed by atoms with Crippen LogP contribution in [0.4, 0.5) is 0 Å². The zero-order chi connectivity index (χ0) is 12.1. The van der Waals surface area contributed by atoms with Crippen molar-refractivity contribution in [2.24, 2.45) is 0 Å². The number of benzene rings is 1. The standard InChI is InChI=1S/C15H15N3.CH4/c1-16-10-18-14-5-3-2-4-12(14)13-9-17-7-6-11(8-17)15(13)18;/h2-5,11H,6-10H2;1H4. The molecule has 2 aliphatic heterocycles. The molecule has 0 spiro atoms. The molecule has 0 amide bonds. The van der Waals surface area contributed by atoms with Crippen LogP contribution in [0, 0.1) is 6.57 Å². The van der Waals surface area contributed by atoms with Gasteiger partial charge in [0.15, 0.2) is 0 Å². The maximum atomic E-state index is 7.20. The minimum absolute atomic E-state index is 0. The Bertz CT molecular complexity index is 662. The van der Waals surface area contributed by atoms with E-state index in [1.807, 2.05) is 0 Å². The fourth-order valence-corrected chi connectivity index (χ4v) is 3.67. The van der Waals surface area contributed by atoms with Gasteiger partial charge in [0, 0.05) is 30.1 Å². The van der Waals surface area contributed by atoms with Gasteiger partial charge in [-0.05, 0) is 24.6 Å². The minimum atomic E-state index is 0.